The molecule has 1 N–H and O–H groups in total. The predicted octanol–water partition coefficient (Wildman–Crippen LogP) is 3.58. The van der Waals surface area contributed by atoms with Gasteiger partial charge in [-0.15, -0.1) is 0 Å². The van der Waals surface area contributed by atoms with E-state index in [4.69, 9.17) is 0 Å². The van der Waals surface area contributed by atoms with Crippen molar-refractivity contribution in [3.05, 3.63) is 71.7 Å². The average Bonchev–Trinajstić information content (AvgIpc) is 2.97. The van der Waals surface area contributed by atoms with Gasteiger partial charge in [-0.05, 0) is 35.9 Å². The van der Waals surface area contributed by atoms with E-state index in [2.05, 4.69) is 4.98 Å². The molecule has 0 radical (unpaired) electrons. The third-order valence-electron chi connectivity index (χ3n) is 3.51. The van der Waals surface area contributed by atoms with Crippen LogP contribution in [0.4, 0.5) is 4.39 Å². The number of rotatable bonds is 3. The molecular formula is C17H15FN2O. The maximum Gasteiger partial charge on any atom is 0.254 e. The Morgan fingerprint density at radius 2 is 1.90 bits per heavy atom. The number of H-pyrrole nitrogens is 1. The molecule has 0 saturated heterocycles. The second-order valence-corrected chi connectivity index (χ2v) is 5.03. The molecule has 2 aromatic carbocycles. The number of aromatic nitrogens is 1. The highest BCUT2D eigenvalue weighted by Crippen LogP contribution is 2.19. The number of hydrogen-bond acceptors (Lipinski definition) is 1. The monoisotopic (exact) mass is 282 g/mol. The highest BCUT2D eigenvalue weighted by Gasteiger charge is 2.15. The first-order valence-electron chi connectivity index (χ1n) is 6.71. The molecule has 0 aliphatic carbocycles. The largest absolute Gasteiger partial charge is 0.361 e. The first-order valence-corrected chi connectivity index (χ1v) is 6.71. The van der Waals surface area contributed by atoms with Gasteiger partial charge >= 0.3 is 0 Å². The summed E-state index contributed by atoms with van der Waals surface area (Å²) in [7, 11) is 1.75. The van der Waals surface area contributed by atoms with Crippen molar-refractivity contribution in [1.29, 1.82) is 0 Å². The van der Waals surface area contributed by atoms with E-state index >= 15 is 0 Å². The molecular weight excluding hydrogens is 267 g/mol. The zero-order valence-corrected chi connectivity index (χ0v) is 11.6. The number of amides is 1. The summed E-state index contributed by atoms with van der Waals surface area (Å²) in [6.07, 6.45) is 1.82. The van der Waals surface area contributed by atoms with Gasteiger partial charge in [0, 0.05) is 36.3 Å². The van der Waals surface area contributed by atoms with Crippen molar-refractivity contribution >= 4 is 16.8 Å². The van der Waals surface area contributed by atoms with Gasteiger partial charge in [-0.25, -0.2) is 4.39 Å². The average molecular weight is 282 g/mol. The minimum atomic E-state index is -0.273. The first kappa shape index (κ1) is 13.4. The molecule has 0 fully saturated rings. The van der Waals surface area contributed by atoms with Crippen LogP contribution < -0.4 is 0 Å². The van der Waals surface area contributed by atoms with Gasteiger partial charge in [0.05, 0.1) is 0 Å². The van der Waals surface area contributed by atoms with E-state index in [1.54, 1.807) is 24.1 Å². The Bertz CT molecular complexity index is 777. The lowest BCUT2D eigenvalue weighted by molar-refractivity contribution is 0.0787. The first-order chi connectivity index (χ1) is 10.1. The van der Waals surface area contributed by atoms with Gasteiger partial charge in [0.2, 0.25) is 0 Å². The predicted molar refractivity (Wildman–Crippen MR) is 80.5 cm³/mol. The lowest BCUT2D eigenvalue weighted by Crippen LogP contribution is -2.26. The molecule has 0 unspecified atom stereocenters. The topological polar surface area (TPSA) is 36.1 Å². The van der Waals surface area contributed by atoms with E-state index < -0.39 is 0 Å². The summed E-state index contributed by atoms with van der Waals surface area (Å²) >= 11 is 0. The summed E-state index contributed by atoms with van der Waals surface area (Å²) in [4.78, 5) is 17.3. The second kappa shape index (κ2) is 5.40. The Balaban J connectivity index is 1.84. The van der Waals surface area contributed by atoms with Gasteiger partial charge < -0.3 is 9.88 Å². The molecule has 3 nitrogen and oxygen atoms in total. The molecule has 1 heterocycles. The minimum absolute atomic E-state index is 0.0514. The molecule has 0 spiro atoms. The molecule has 3 aromatic rings. The van der Waals surface area contributed by atoms with Crippen molar-refractivity contribution < 1.29 is 9.18 Å². The van der Waals surface area contributed by atoms with Crippen molar-refractivity contribution in [2.24, 2.45) is 0 Å². The Morgan fingerprint density at radius 1 is 1.14 bits per heavy atom. The van der Waals surface area contributed by atoms with E-state index in [1.165, 1.54) is 12.1 Å². The normalized spacial score (nSPS) is 10.8. The molecule has 4 heteroatoms. The quantitative estimate of drug-likeness (QED) is 0.783. The van der Waals surface area contributed by atoms with Crippen LogP contribution in [0.3, 0.4) is 0 Å². The second-order valence-electron chi connectivity index (χ2n) is 5.03. The van der Waals surface area contributed by atoms with Gasteiger partial charge in [0.1, 0.15) is 5.82 Å². The van der Waals surface area contributed by atoms with E-state index in [9.17, 15) is 9.18 Å². The Hall–Kier alpha value is -2.62. The van der Waals surface area contributed by atoms with Crippen LogP contribution in [-0.4, -0.2) is 22.8 Å². The lowest BCUT2D eigenvalue weighted by Gasteiger charge is -2.18. The minimum Gasteiger partial charge on any atom is -0.361 e. The molecule has 1 aromatic heterocycles. The zero-order chi connectivity index (χ0) is 14.8. The summed E-state index contributed by atoms with van der Waals surface area (Å²) in [6.45, 7) is 0.444. The number of carbonyl (C=O) groups is 1. The number of benzene rings is 2. The Labute approximate surface area is 122 Å². The maximum atomic E-state index is 12.9. The number of carbonyl (C=O) groups excluding carboxylic acids is 1. The lowest BCUT2D eigenvalue weighted by atomic mass is 10.1. The molecule has 106 valence electrons. The van der Waals surface area contributed by atoms with Crippen molar-refractivity contribution in [2.75, 3.05) is 7.05 Å². The highest BCUT2D eigenvalue weighted by atomic mass is 19.1. The molecule has 3 rings (SSSR count). The van der Waals surface area contributed by atoms with Crippen molar-refractivity contribution in [3.63, 3.8) is 0 Å². The van der Waals surface area contributed by atoms with Crippen molar-refractivity contribution in [1.82, 2.24) is 9.88 Å². The third kappa shape index (κ3) is 2.65. The Kier molecular flexibility index (Phi) is 3.44. The summed E-state index contributed by atoms with van der Waals surface area (Å²) in [5.41, 5.74) is 2.50. The molecule has 21 heavy (non-hydrogen) atoms. The van der Waals surface area contributed by atoms with Crippen LogP contribution in [0.25, 0.3) is 10.9 Å². The fraction of sp³-hybridized carbons (Fsp3) is 0.118. The van der Waals surface area contributed by atoms with Gasteiger partial charge in [-0.3, -0.25) is 4.79 Å². The van der Waals surface area contributed by atoms with Crippen LogP contribution >= 0.6 is 0 Å². The van der Waals surface area contributed by atoms with Gasteiger partial charge in [0.25, 0.3) is 5.91 Å². The molecule has 1 amide bonds. The van der Waals surface area contributed by atoms with Crippen LogP contribution in [0.15, 0.2) is 54.7 Å². The summed E-state index contributed by atoms with van der Waals surface area (Å²) in [6, 6.07) is 13.7. The SMILES string of the molecule is CN(Cc1ccc(F)cc1)C(=O)c1cccc2[nH]ccc12. The third-order valence-corrected chi connectivity index (χ3v) is 3.51. The van der Waals surface area contributed by atoms with Gasteiger partial charge in [-0.2, -0.15) is 0 Å². The zero-order valence-electron chi connectivity index (χ0n) is 11.6. The van der Waals surface area contributed by atoms with Crippen LogP contribution in [-0.2, 0) is 6.54 Å². The van der Waals surface area contributed by atoms with Crippen LogP contribution in [0.2, 0.25) is 0 Å². The smallest absolute Gasteiger partial charge is 0.254 e. The molecule has 0 aliphatic rings. The number of nitrogens with one attached hydrogen (secondary N) is 1. The summed E-state index contributed by atoms with van der Waals surface area (Å²) in [5, 5.41) is 0.911. The van der Waals surface area contributed by atoms with E-state index in [-0.39, 0.29) is 11.7 Å². The van der Waals surface area contributed by atoms with Crippen molar-refractivity contribution in [2.45, 2.75) is 6.54 Å². The number of fused-ring (bicyclic) bond motifs is 1. The highest BCUT2D eigenvalue weighted by molar-refractivity contribution is 6.06. The van der Waals surface area contributed by atoms with E-state index in [0.29, 0.717) is 12.1 Å². The van der Waals surface area contributed by atoms with Gasteiger partial charge in [-0.1, -0.05) is 18.2 Å². The van der Waals surface area contributed by atoms with E-state index in [1.807, 2.05) is 30.5 Å². The standard InChI is InChI=1S/C17H15FN2O/c1-20(11-12-5-7-13(18)8-6-12)17(21)15-3-2-4-16-14(15)9-10-19-16/h2-10,19H,11H2,1H3. The Morgan fingerprint density at radius 3 is 2.67 bits per heavy atom. The number of nitrogens with zero attached hydrogens (tertiary/aromatic N) is 1. The molecule has 0 saturated carbocycles. The fourth-order valence-corrected chi connectivity index (χ4v) is 2.41. The summed E-state index contributed by atoms with van der Waals surface area (Å²) in [5.74, 6) is -0.325. The molecule has 0 aliphatic heterocycles. The van der Waals surface area contributed by atoms with Crippen molar-refractivity contribution in [3.8, 4) is 0 Å². The van der Waals surface area contributed by atoms with Crippen LogP contribution in [0.1, 0.15) is 15.9 Å². The summed E-state index contributed by atoms with van der Waals surface area (Å²) < 4.78 is 12.9. The number of halogens is 1. The van der Waals surface area contributed by atoms with E-state index in [0.717, 1.165) is 16.5 Å². The maximum absolute atomic E-state index is 12.9. The molecule has 0 atom stereocenters. The van der Waals surface area contributed by atoms with Gasteiger partial charge in [0.15, 0.2) is 0 Å². The number of hydrogen-bond donors (Lipinski definition) is 1. The number of aromatic amines is 1. The molecule has 0 bridgehead atoms. The van der Waals surface area contributed by atoms with Crippen LogP contribution in [0.5, 0.6) is 0 Å². The van der Waals surface area contributed by atoms with Crippen LogP contribution in [0, 0.1) is 5.82 Å². The fourth-order valence-electron chi connectivity index (χ4n) is 2.41.